The lowest BCUT2D eigenvalue weighted by molar-refractivity contribution is 0.643. The molecule has 0 spiro atoms. The zero-order chi connectivity index (χ0) is 47.0. The molecule has 0 amide bonds. The fourth-order valence-electron chi connectivity index (χ4n) is 11.3. The molecule has 0 aliphatic carbocycles. The predicted octanol–water partition coefficient (Wildman–Crippen LogP) is 14.6. The van der Waals surface area contributed by atoms with Crippen molar-refractivity contribution in [3.05, 3.63) is 201 Å². The van der Waals surface area contributed by atoms with Crippen LogP contribution in [-0.2, 0) is 0 Å². The first-order chi connectivity index (χ1) is 35.8. The quantitative estimate of drug-likeness (QED) is 0.160. The highest BCUT2D eigenvalue weighted by Crippen LogP contribution is 2.54. The molecule has 0 aliphatic rings. The Morgan fingerprint density at radius 2 is 0.514 bits per heavy atom. The zero-order valence-electron chi connectivity index (χ0n) is 37.8. The van der Waals surface area contributed by atoms with Gasteiger partial charge in [0.15, 0.2) is 17.5 Å². The normalized spacial score (nSPS) is 12.2. The minimum Gasteiger partial charge on any atom is -0.439 e. The summed E-state index contributed by atoms with van der Waals surface area (Å²) in [7, 11) is 0. The Morgan fingerprint density at radius 1 is 0.264 bits per heavy atom. The van der Waals surface area contributed by atoms with Crippen LogP contribution < -0.4 is 0 Å². The van der Waals surface area contributed by atoms with E-state index in [9.17, 15) is 0 Å². The number of benzene rings is 7. The molecule has 0 fully saturated rings. The van der Waals surface area contributed by atoms with Crippen LogP contribution in [0.25, 0.3) is 150 Å². The van der Waals surface area contributed by atoms with Crippen molar-refractivity contribution in [2.45, 2.75) is 0 Å². The molecule has 0 atom stereocenters. The molecule has 72 heavy (non-hydrogen) atoms. The number of para-hydroxylation sites is 6. The molecule has 0 radical (unpaired) electrons. The van der Waals surface area contributed by atoms with E-state index in [1.54, 1.807) is 37.2 Å². The van der Waals surface area contributed by atoms with Gasteiger partial charge < -0.3 is 13.3 Å². The molecule has 0 saturated heterocycles. The van der Waals surface area contributed by atoms with Crippen LogP contribution in [0.2, 0.25) is 0 Å². The molecule has 0 unspecified atom stereocenters. The van der Waals surface area contributed by atoms with Crippen molar-refractivity contribution in [1.82, 2.24) is 43.6 Å². The van der Waals surface area contributed by atoms with E-state index < -0.39 is 0 Å². The summed E-state index contributed by atoms with van der Waals surface area (Å²) < 4.78 is 28.0. The van der Waals surface area contributed by atoms with Gasteiger partial charge in [-0.3, -0.25) is 13.7 Å². The smallest absolute Gasteiger partial charge is 0.213 e. The van der Waals surface area contributed by atoms with Gasteiger partial charge in [-0.2, -0.15) is 0 Å². The summed E-state index contributed by atoms with van der Waals surface area (Å²) in [6, 6.07) is 55.2. The lowest BCUT2D eigenvalue weighted by Gasteiger charge is -2.27. The minimum absolute atomic E-state index is 0.416. The largest absolute Gasteiger partial charge is 0.439 e. The van der Waals surface area contributed by atoms with E-state index in [-0.39, 0.29) is 0 Å². The summed E-state index contributed by atoms with van der Waals surface area (Å²) in [6.45, 7) is 0. The first-order valence-corrected chi connectivity index (χ1v) is 23.6. The average molecular weight is 928 g/mol. The van der Waals surface area contributed by atoms with Crippen molar-refractivity contribution in [2.75, 3.05) is 0 Å². The molecule has 0 bridgehead atoms. The first-order valence-electron chi connectivity index (χ1n) is 23.6. The molecule has 9 aromatic heterocycles. The lowest BCUT2D eigenvalue weighted by atomic mass is 9.93. The van der Waals surface area contributed by atoms with Crippen LogP contribution in [0.4, 0.5) is 0 Å². The Bertz CT molecular complexity index is 4360. The molecule has 12 heteroatoms. The Labute approximate surface area is 406 Å². The topological polar surface area (TPSA) is 132 Å². The molecular formula is C60H33N9O3. The van der Waals surface area contributed by atoms with Crippen LogP contribution in [0, 0.1) is 0 Å². The molecular weight excluding hydrogens is 895 g/mol. The third-order valence-electron chi connectivity index (χ3n) is 14.0. The van der Waals surface area contributed by atoms with E-state index in [0.29, 0.717) is 68.4 Å². The van der Waals surface area contributed by atoms with Crippen LogP contribution >= 0.6 is 0 Å². The number of hydrogen-bond acceptors (Lipinski definition) is 9. The highest BCUT2D eigenvalue weighted by atomic mass is 16.4. The van der Waals surface area contributed by atoms with Crippen LogP contribution in [0.15, 0.2) is 214 Å². The van der Waals surface area contributed by atoms with Crippen LogP contribution in [0.5, 0.6) is 0 Å². The van der Waals surface area contributed by atoms with Crippen molar-refractivity contribution < 1.29 is 13.3 Å². The Morgan fingerprint density at radius 3 is 0.806 bits per heavy atom. The number of furan rings is 3. The van der Waals surface area contributed by atoms with E-state index >= 15 is 0 Å². The molecule has 12 nitrogen and oxygen atoms in total. The summed E-state index contributed by atoms with van der Waals surface area (Å²) in [4.78, 5) is 31.1. The maximum atomic E-state index is 7.15. The number of nitrogens with zero attached hydrogens (tertiary/aromatic N) is 9. The first kappa shape index (κ1) is 38.7. The summed E-state index contributed by atoms with van der Waals surface area (Å²) in [5.74, 6) is 1.25. The van der Waals surface area contributed by atoms with E-state index in [0.717, 1.165) is 81.8 Å². The summed E-state index contributed by atoms with van der Waals surface area (Å²) in [6.07, 6.45) is 10.6. The standard InChI is InChI=1S/C60H33N9O3/c1-7-22-40-34(16-1)46-37-19-4-10-25-43(37)70-58(46)67(40)52-49(55-61-28-13-29-62-55)53(68-41-23-8-2-17-35(41)47-38-20-5-11-26-44(38)71-59(47)68)51(57-65-32-15-33-66-57)54(50(52)56-63-30-14-31-64-56)69-42-24-9-3-18-36(42)48-39-21-6-12-27-45(39)72-60(48)69/h1-33H. The molecule has 336 valence electrons. The molecule has 0 aliphatic heterocycles. The van der Waals surface area contributed by atoms with Gasteiger partial charge in [-0.15, -0.1) is 0 Å². The van der Waals surface area contributed by atoms with Crippen LogP contribution in [0.1, 0.15) is 0 Å². The van der Waals surface area contributed by atoms with Gasteiger partial charge in [0.1, 0.15) is 16.7 Å². The summed E-state index contributed by atoms with van der Waals surface area (Å²) >= 11 is 0. The number of rotatable bonds is 6. The van der Waals surface area contributed by atoms with Crippen LogP contribution in [-0.4, -0.2) is 43.6 Å². The molecule has 16 rings (SSSR count). The Balaban J connectivity index is 1.27. The second-order valence-electron chi connectivity index (χ2n) is 17.8. The Hall–Kier alpha value is -10.2. The van der Waals surface area contributed by atoms with Gasteiger partial charge in [0, 0.05) is 69.5 Å². The molecule has 16 aromatic rings. The van der Waals surface area contributed by atoms with Crippen molar-refractivity contribution >= 4 is 98.9 Å². The van der Waals surface area contributed by atoms with E-state index in [1.165, 1.54) is 0 Å². The molecule has 0 saturated carbocycles. The van der Waals surface area contributed by atoms with Gasteiger partial charge in [-0.1, -0.05) is 109 Å². The monoisotopic (exact) mass is 927 g/mol. The van der Waals surface area contributed by atoms with Gasteiger partial charge in [-0.25, -0.2) is 29.9 Å². The summed E-state index contributed by atoms with van der Waals surface area (Å²) in [5, 5.41) is 8.79. The minimum atomic E-state index is 0.416. The SMILES string of the molecule is c1cnc(-c2c(-n3c4ccccc4c4c5ccccc5oc43)c(-c3ncccn3)c(-n3c4ccccc4c4c5ccccc5oc43)c(-c3ncccn3)c2-n2c3ccccc3c3c4ccccc4oc32)nc1. The number of fused-ring (bicyclic) bond motifs is 15. The zero-order valence-corrected chi connectivity index (χ0v) is 37.8. The van der Waals surface area contributed by atoms with Crippen molar-refractivity contribution in [2.24, 2.45) is 0 Å². The lowest BCUT2D eigenvalue weighted by Crippen LogP contribution is -2.15. The highest BCUT2D eigenvalue weighted by molar-refractivity contribution is 6.24. The number of hydrogen-bond donors (Lipinski definition) is 0. The predicted molar refractivity (Wildman–Crippen MR) is 282 cm³/mol. The number of aromatic nitrogens is 9. The average Bonchev–Trinajstić information content (AvgIpc) is 4.29. The van der Waals surface area contributed by atoms with E-state index in [2.05, 4.69) is 105 Å². The molecule has 7 aromatic carbocycles. The van der Waals surface area contributed by atoms with Crippen molar-refractivity contribution in [3.63, 3.8) is 0 Å². The fourth-order valence-corrected chi connectivity index (χ4v) is 11.3. The van der Waals surface area contributed by atoms with E-state index in [1.807, 2.05) is 72.8 Å². The maximum Gasteiger partial charge on any atom is 0.213 e. The van der Waals surface area contributed by atoms with Gasteiger partial charge >= 0.3 is 0 Å². The third kappa shape index (κ3) is 5.18. The summed E-state index contributed by atoms with van der Waals surface area (Å²) in [5.41, 5.74) is 10.5. The highest BCUT2D eigenvalue weighted by Gasteiger charge is 2.38. The third-order valence-corrected chi connectivity index (χ3v) is 14.0. The second-order valence-corrected chi connectivity index (χ2v) is 17.8. The van der Waals surface area contributed by atoms with Gasteiger partial charge in [0.2, 0.25) is 17.1 Å². The van der Waals surface area contributed by atoms with Crippen LogP contribution in [0.3, 0.4) is 0 Å². The van der Waals surface area contributed by atoms with Gasteiger partial charge in [-0.05, 0) is 54.6 Å². The molecule has 0 N–H and O–H groups in total. The van der Waals surface area contributed by atoms with Crippen molar-refractivity contribution in [3.8, 4) is 51.2 Å². The Kier molecular flexibility index (Phi) is 7.88. The van der Waals surface area contributed by atoms with Crippen molar-refractivity contribution in [1.29, 1.82) is 0 Å². The van der Waals surface area contributed by atoms with Gasteiger partial charge in [0.25, 0.3) is 0 Å². The van der Waals surface area contributed by atoms with Gasteiger partial charge in [0.05, 0.1) is 66.5 Å². The fraction of sp³-hybridized carbons (Fsp3) is 0. The second kappa shape index (κ2) is 14.7. The van der Waals surface area contributed by atoms with E-state index in [4.69, 9.17) is 43.2 Å². The maximum absolute atomic E-state index is 7.15. The molecule has 9 heterocycles.